The van der Waals surface area contributed by atoms with Crippen molar-refractivity contribution in [2.75, 3.05) is 25.5 Å². The number of nitrogens with one attached hydrogen (secondary N) is 2. The molecule has 0 bridgehead atoms. The zero-order valence-corrected chi connectivity index (χ0v) is 15.7. The van der Waals surface area contributed by atoms with E-state index < -0.39 is 11.7 Å². The molecule has 2 N–H and O–H groups in total. The zero-order chi connectivity index (χ0) is 18.7. The van der Waals surface area contributed by atoms with Gasteiger partial charge >= 0.3 is 0 Å². The molecule has 1 aliphatic rings. The summed E-state index contributed by atoms with van der Waals surface area (Å²) < 4.78 is 13.3. The number of amides is 2. The highest BCUT2D eigenvalue weighted by molar-refractivity contribution is 7.18. The summed E-state index contributed by atoms with van der Waals surface area (Å²) in [5.74, 6) is -0.850. The van der Waals surface area contributed by atoms with Crippen molar-refractivity contribution in [3.63, 3.8) is 0 Å². The summed E-state index contributed by atoms with van der Waals surface area (Å²) in [7, 11) is 1.91. The maximum absolute atomic E-state index is 13.3. The molecule has 1 fully saturated rings. The first-order valence-electron chi connectivity index (χ1n) is 8.62. The highest BCUT2D eigenvalue weighted by atomic mass is 32.1. The normalized spacial score (nSPS) is 17.2. The number of carbonyl (C=O) groups is 2. The molecule has 0 radical (unpaired) electrons. The molecule has 0 aliphatic carbocycles. The van der Waals surface area contributed by atoms with Crippen LogP contribution in [0.5, 0.6) is 0 Å². The van der Waals surface area contributed by atoms with Gasteiger partial charge in [-0.15, -0.1) is 11.3 Å². The summed E-state index contributed by atoms with van der Waals surface area (Å²) >= 11 is 1.26. The van der Waals surface area contributed by atoms with Crippen molar-refractivity contribution in [2.24, 2.45) is 0 Å². The number of aryl methyl sites for hydroxylation is 1. The van der Waals surface area contributed by atoms with E-state index in [0.29, 0.717) is 22.5 Å². The number of halogens is 1. The predicted octanol–water partition coefficient (Wildman–Crippen LogP) is 3.27. The van der Waals surface area contributed by atoms with Gasteiger partial charge in [0.2, 0.25) is 0 Å². The molecule has 2 heterocycles. The van der Waals surface area contributed by atoms with E-state index in [0.717, 1.165) is 24.9 Å². The summed E-state index contributed by atoms with van der Waals surface area (Å²) in [5.41, 5.74) is 1.08. The van der Waals surface area contributed by atoms with Crippen molar-refractivity contribution in [3.05, 3.63) is 52.2 Å². The molecule has 2 aromatic rings. The fourth-order valence-electron chi connectivity index (χ4n) is 3.11. The number of piperidine rings is 1. The molecule has 26 heavy (non-hydrogen) atoms. The Bertz CT molecular complexity index is 821. The lowest BCUT2D eigenvalue weighted by atomic mass is 10.1. The fraction of sp³-hybridized carbons (Fsp3) is 0.368. The van der Waals surface area contributed by atoms with Gasteiger partial charge in [0.1, 0.15) is 5.82 Å². The Hall–Kier alpha value is -2.25. The number of carbonyl (C=O) groups excluding carboxylic acids is 2. The number of likely N-dealkylation sites (tertiary alicyclic amines) is 1. The van der Waals surface area contributed by atoms with Crippen LogP contribution >= 0.6 is 11.3 Å². The molecule has 1 aromatic heterocycles. The van der Waals surface area contributed by atoms with Crippen LogP contribution in [0.3, 0.4) is 0 Å². The fourth-order valence-corrected chi connectivity index (χ4v) is 4.15. The Morgan fingerprint density at radius 3 is 2.85 bits per heavy atom. The smallest absolute Gasteiger partial charge is 0.264 e. The molecule has 7 heteroatoms. The van der Waals surface area contributed by atoms with E-state index in [9.17, 15) is 14.0 Å². The van der Waals surface area contributed by atoms with Crippen LogP contribution in [0.1, 0.15) is 38.4 Å². The zero-order valence-electron chi connectivity index (χ0n) is 14.8. The van der Waals surface area contributed by atoms with E-state index in [1.165, 1.54) is 29.5 Å². The molecule has 1 saturated heterocycles. The monoisotopic (exact) mass is 375 g/mol. The molecule has 1 unspecified atom stereocenters. The van der Waals surface area contributed by atoms with Crippen molar-refractivity contribution in [2.45, 2.75) is 25.8 Å². The SMILES string of the molecule is CNC1CCCN(C(=O)c2sc(NC(=O)c3cccc(F)c3)cc2C)C1. The number of benzene rings is 1. The van der Waals surface area contributed by atoms with Crippen molar-refractivity contribution in [3.8, 4) is 0 Å². The van der Waals surface area contributed by atoms with Gasteiger partial charge in [-0.05, 0) is 56.6 Å². The molecule has 0 saturated carbocycles. The minimum absolute atomic E-state index is 0.00120. The van der Waals surface area contributed by atoms with Gasteiger partial charge in [-0.25, -0.2) is 4.39 Å². The van der Waals surface area contributed by atoms with Gasteiger partial charge in [0, 0.05) is 24.7 Å². The van der Waals surface area contributed by atoms with Gasteiger partial charge in [-0.1, -0.05) is 6.07 Å². The lowest BCUT2D eigenvalue weighted by Crippen LogP contribution is -2.46. The molecule has 5 nitrogen and oxygen atoms in total. The van der Waals surface area contributed by atoms with Crippen molar-refractivity contribution >= 4 is 28.2 Å². The average molecular weight is 375 g/mol. The largest absolute Gasteiger partial charge is 0.336 e. The number of thiophene rings is 1. The van der Waals surface area contributed by atoms with E-state index >= 15 is 0 Å². The van der Waals surface area contributed by atoms with Crippen LogP contribution in [0.2, 0.25) is 0 Å². The molecular formula is C19H22FN3O2S. The van der Waals surface area contributed by atoms with Crippen LogP contribution in [-0.2, 0) is 0 Å². The Kier molecular flexibility index (Phi) is 5.68. The summed E-state index contributed by atoms with van der Waals surface area (Å²) in [6.45, 7) is 3.30. The Morgan fingerprint density at radius 1 is 1.31 bits per heavy atom. The van der Waals surface area contributed by atoms with Gasteiger partial charge in [-0.2, -0.15) is 0 Å². The number of nitrogens with zero attached hydrogens (tertiary/aromatic N) is 1. The number of likely N-dealkylation sites (N-methyl/N-ethyl adjacent to an activating group) is 1. The van der Waals surface area contributed by atoms with E-state index in [1.807, 2.05) is 18.9 Å². The van der Waals surface area contributed by atoms with Crippen LogP contribution in [-0.4, -0.2) is 42.9 Å². The van der Waals surface area contributed by atoms with Crippen LogP contribution < -0.4 is 10.6 Å². The summed E-state index contributed by atoms with van der Waals surface area (Å²) in [5, 5.41) is 6.57. The molecule has 0 spiro atoms. The quantitative estimate of drug-likeness (QED) is 0.862. The van der Waals surface area contributed by atoms with Gasteiger partial charge in [-0.3, -0.25) is 9.59 Å². The van der Waals surface area contributed by atoms with Crippen molar-refractivity contribution in [1.29, 1.82) is 0 Å². The van der Waals surface area contributed by atoms with Gasteiger partial charge in [0.05, 0.1) is 9.88 Å². The maximum atomic E-state index is 13.3. The molecule has 1 aromatic carbocycles. The molecule has 1 aliphatic heterocycles. The summed E-state index contributed by atoms with van der Waals surface area (Å²) in [4.78, 5) is 27.6. The van der Waals surface area contributed by atoms with Crippen molar-refractivity contribution < 1.29 is 14.0 Å². The number of anilines is 1. The molecular weight excluding hydrogens is 353 g/mol. The highest BCUT2D eigenvalue weighted by Gasteiger charge is 2.26. The molecule has 2 amide bonds. The van der Waals surface area contributed by atoms with Gasteiger partial charge in [0.25, 0.3) is 11.8 Å². The predicted molar refractivity (Wildman–Crippen MR) is 101 cm³/mol. The lowest BCUT2D eigenvalue weighted by molar-refractivity contribution is 0.0702. The van der Waals surface area contributed by atoms with Crippen LogP contribution in [0, 0.1) is 12.7 Å². The molecule has 138 valence electrons. The van der Waals surface area contributed by atoms with Crippen LogP contribution in [0.4, 0.5) is 9.39 Å². The second-order valence-corrected chi connectivity index (χ2v) is 7.52. The van der Waals surface area contributed by atoms with E-state index in [2.05, 4.69) is 10.6 Å². The third-order valence-electron chi connectivity index (χ3n) is 4.55. The van der Waals surface area contributed by atoms with Gasteiger partial charge < -0.3 is 15.5 Å². The van der Waals surface area contributed by atoms with Crippen LogP contribution in [0.25, 0.3) is 0 Å². The number of hydrogen-bond donors (Lipinski definition) is 2. The molecule has 1 atom stereocenters. The third-order valence-corrected chi connectivity index (χ3v) is 5.69. The minimum atomic E-state index is -0.458. The minimum Gasteiger partial charge on any atom is -0.336 e. The second kappa shape index (κ2) is 7.97. The Labute approximate surface area is 156 Å². The summed E-state index contributed by atoms with van der Waals surface area (Å²) in [6, 6.07) is 7.63. The van der Waals surface area contributed by atoms with Crippen molar-refractivity contribution in [1.82, 2.24) is 10.2 Å². The number of hydrogen-bond acceptors (Lipinski definition) is 4. The average Bonchev–Trinajstić information content (AvgIpc) is 3.01. The Balaban J connectivity index is 1.72. The first-order chi connectivity index (χ1) is 12.5. The Morgan fingerprint density at radius 2 is 2.12 bits per heavy atom. The van der Waals surface area contributed by atoms with Gasteiger partial charge in [0.15, 0.2) is 0 Å². The van der Waals surface area contributed by atoms with Crippen LogP contribution in [0.15, 0.2) is 30.3 Å². The maximum Gasteiger partial charge on any atom is 0.264 e. The first-order valence-corrected chi connectivity index (χ1v) is 9.43. The third kappa shape index (κ3) is 4.11. The summed E-state index contributed by atoms with van der Waals surface area (Å²) in [6.07, 6.45) is 2.05. The highest BCUT2D eigenvalue weighted by Crippen LogP contribution is 2.29. The number of rotatable bonds is 4. The standard InChI is InChI=1S/C19H22FN3O2S/c1-12-9-16(22-18(24)13-5-3-6-14(20)10-13)26-17(12)19(25)23-8-4-7-15(11-23)21-2/h3,5-6,9-10,15,21H,4,7-8,11H2,1-2H3,(H,22,24). The van der Waals surface area contributed by atoms with E-state index in [-0.39, 0.29) is 11.5 Å². The van der Waals surface area contributed by atoms with E-state index in [1.54, 1.807) is 12.1 Å². The lowest BCUT2D eigenvalue weighted by Gasteiger charge is -2.32. The first kappa shape index (κ1) is 18.5. The second-order valence-electron chi connectivity index (χ2n) is 6.47. The topological polar surface area (TPSA) is 61.4 Å². The van der Waals surface area contributed by atoms with E-state index in [4.69, 9.17) is 0 Å². The molecule has 3 rings (SSSR count).